The number of benzene rings is 1. The number of esters is 1. The van der Waals surface area contributed by atoms with Crippen LogP contribution >= 0.6 is 11.6 Å². The van der Waals surface area contributed by atoms with Crippen LogP contribution in [0.4, 0.5) is 8.78 Å². The Morgan fingerprint density at radius 1 is 1.38 bits per heavy atom. The molecule has 1 aromatic carbocycles. The predicted octanol–water partition coefficient (Wildman–Crippen LogP) is 3.58. The summed E-state index contributed by atoms with van der Waals surface area (Å²) in [5.74, 6) is -2.60. The van der Waals surface area contributed by atoms with Gasteiger partial charge < -0.3 is 4.74 Å². The fraction of sp³-hybridized carbons (Fsp3) is 0.364. The standard InChI is InChI=1S/C11H11ClF2O2/c1-2-3-4-16-11(15)7-5-10(14)8(12)6-9(7)13/h5-6H,2-4H2,1H3. The maximum absolute atomic E-state index is 13.2. The summed E-state index contributed by atoms with van der Waals surface area (Å²) < 4.78 is 31.0. The molecule has 1 aromatic rings. The highest BCUT2D eigenvalue weighted by molar-refractivity contribution is 6.30. The maximum atomic E-state index is 13.2. The zero-order valence-electron chi connectivity index (χ0n) is 8.73. The van der Waals surface area contributed by atoms with Gasteiger partial charge >= 0.3 is 5.97 Å². The van der Waals surface area contributed by atoms with E-state index in [1.54, 1.807) is 0 Å². The molecule has 5 heteroatoms. The Labute approximate surface area is 97.2 Å². The third kappa shape index (κ3) is 3.17. The molecule has 0 aliphatic carbocycles. The first-order valence-corrected chi connectivity index (χ1v) is 5.25. The monoisotopic (exact) mass is 248 g/mol. The number of rotatable bonds is 4. The first kappa shape index (κ1) is 12.9. The van der Waals surface area contributed by atoms with Gasteiger partial charge in [0.05, 0.1) is 17.2 Å². The van der Waals surface area contributed by atoms with E-state index < -0.39 is 23.2 Å². The number of halogens is 3. The molecular weight excluding hydrogens is 238 g/mol. The Morgan fingerprint density at radius 3 is 2.69 bits per heavy atom. The van der Waals surface area contributed by atoms with Gasteiger partial charge in [-0.15, -0.1) is 0 Å². The van der Waals surface area contributed by atoms with Crippen molar-refractivity contribution in [2.75, 3.05) is 6.61 Å². The third-order valence-electron chi connectivity index (χ3n) is 1.96. The molecule has 1 rings (SSSR count). The van der Waals surface area contributed by atoms with Gasteiger partial charge in [0.2, 0.25) is 0 Å². The highest BCUT2D eigenvalue weighted by Gasteiger charge is 2.16. The van der Waals surface area contributed by atoms with Crippen molar-refractivity contribution in [3.05, 3.63) is 34.4 Å². The first-order chi connectivity index (χ1) is 7.56. The van der Waals surface area contributed by atoms with Crippen LogP contribution in [0.3, 0.4) is 0 Å². The minimum Gasteiger partial charge on any atom is -0.462 e. The van der Waals surface area contributed by atoms with E-state index in [1.165, 1.54) is 0 Å². The number of unbranched alkanes of at least 4 members (excludes halogenated alkanes) is 1. The molecule has 0 saturated carbocycles. The van der Waals surface area contributed by atoms with Gasteiger partial charge in [-0.1, -0.05) is 24.9 Å². The number of carbonyl (C=O) groups is 1. The van der Waals surface area contributed by atoms with E-state index in [1.807, 2.05) is 6.92 Å². The molecular formula is C11H11ClF2O2. The molecule has 0 heterocycles. The van der Waals surface area contributed by atoms with E-state index in [-0.39, 0.29) is 11.6 Å². The van der Waals surface area contributed by atoms with Crippen molar-refractivity contribution in [1.29, 1.82) is 0 Å². The highest BCUT2D eigenvalue weighted by Crippen LogP contribution is 2.19. The number of carbonyl (C=O) groups excluding carboxylic acids is 1. The smallest absolute Gasteiger partial charge is 0.341 e. The molecule has 0 amide bonds. The van der Waals surface area contributed by atoms with Gasteiger partial charge in [-0.2, -0.15) is 0 Å². The van der Waals surface area contributed by atoms with Crippen LogP contribution in [0, 0.1) is 11.6 Å². The fourth-order valence-electron chi connectivity index (χ4n) is 1.07. The molecule has 0 unspecified atom stereocenters. The zero-order chi connectivity index (χ0) is 12.1. The SMILES string of the molecule is CCCCOC(=O)c1cc(F)c(Cl)cc1F. The largest absolute Gasteiger partial charge is 0.462 e. The molecule has 0 fully saturated rings. The van der Waals surface area contributed by atoms with Crippen LogP contribution in [0.25, 0.3) is 0 Å². The van der Waals surface area contributed by atoms with Crippen LogP contribution in [0.5, 0.6) is 0 Å². The Morgan fingerprint density at radius 2 is 2.06 bits per heavy atom. The summed E-state index contributed by atoms with van der Waals surface area (Å²) >= 11 is 5.35. The number of ether oxygens (including phenoxy) is 1. The Hall–Kier alpha value is -1.16. The molecule has 2 nitrogen and oxygen atoms in total. The lowest BCUT2D eigenvalue weighted by Crippen LogP contribution is -2.09. The molecule has 0 spiro atoms. The van der Waals surface area contributed by atoms with Crippen LogP contribution in [0.2, 0.25) is 5.02 Å². The second-order valence-corrected chi connectivity index (χ2v) is 3.64. The molecule has 16 heavy (non-hydrogen) atoms. The minimum atomic E-state index is -0.882. The minimum absolute atomic E-state index is 0.193. The van der Waals surface area contributed by atoms with E-state index in [2.05, 4.69) is 0 Å². The fourth-order valence-corrected chi connectivity index (χ4v) is 1.22. The maximum Gasteiger partial charge on any atom is 0.341 e. The lowest BCUT2D eigenvalue weighted by molar-refractivity contribution is 0.0494. The van der Waals surface area contributed by atoms with Crippen LogP contribution in [0.15, 0.2) is 12.1 Å². The lowest BCUT2D eigenvalue weighted by Gasteiger charge is -2.05. The molecule has 0 aliphatic heterocycles. The van der Waals surface area contributed by atoms with Gasteiger partial charge in [0.25, 0.3) is 0 Å². The average molecular weight is 249 g/mol. The Kier molecular flexibility index (Phi) is 4.68. The first-order valence-electron chi connectivity index (χ1n) is 4.88. The normalized spacial score (nSPS) is 10.2. The quantitative estimate of drug-likeness (QED) is 0.463. The van der Waals surface area contributed by atoms with E-state index in [4.69, 9.17) is 16.3 Å². The van der Waals surface area contributed by atoms with Crippen LogP contribution in [-0.4, -0.2) is 12.6 Å². The molecule has 0 bridgehead atoms. The van der Waals surface area contributed by atoms with Gasteiger partial charge in [0, 0.05) is 0 Å². The summed E-state index contributed by atoms with van der Waals surface area (Å²) in [5, 5.41) is -0.359. The molecule has 0 aromatic heterocycles. The van der Waals surface area contributed by atoms with Gasteiger partial charge in [-0.25, -0.2) is 13.6 Å². The van der Waals surface area contributed by atoms with E-state index in [0.717, 1.165) is 18.6 Å². The highest BCUT2D eigenvalue weighted by atomic mass is 35.5. The Balaban J connectivity index is 2.79. The summed E-state index contributed by atoms with van der Waals surface area (Å²) in [6.45, 7) is 2.12. The average Bonchev–Trinajstić information content (AvgIpc) is 2.23. The molecule has 88 valence electrons. The number of hydrogen-bond donors (Lipinski definition) is 0. The summed E-state index contributed by atoms with van der Waals surface area (Å²) in [6.07, 6.45) is 1.54. The van der Waals surface area contributed by atoms with Crippen molar-refractivity contribution in [2.24, 2.45) is 0 Å². The molecule has 0 atom stereocenters. The van der Waals surface area contributed by atoms with Crippen molar-refractivity contribution in [1.82, 2.24) is 0 Å². The second kappa shape index (κ2) is 5.80. The van der Waals surface area contributed by atoms with Crippen LogP contribution in [-0.2, 0) is 4.74 Å². The lowest BCUT2D eigenvalue weighted by atomic mass is 10.2. The summed E-state index contributed by atoms with van der Waals surface area (Å²) in [6, 6.07) is 1.50. The van der Waals surface area contributed by atoms with Gasteiger partial charge in [0.15, 0.2) is 0 Å². The number of hydrogen-bond acceptors (Lipinski definition) is 2. The molecule has 0 saturated heterocycles. The van der Waals surface area contributed by atoms with E-state index in [9.17, 15) is 13.6 Å². The van der Waals surface area contributed by atoms with Crippen molar-refractivity contribution in [3.63, 3.8) is 0 Å². The predicted molar refractivity (Wildman–Crippen MR) is 56.6 cm³/mol. The zero-order valence-corrected chi connectivity index (χ0v) is 9.48. The van der Waals surface area contributed by atoms with Crippen molar-refractivity contribution >= 4 is 17.6 Å². The van der Waals surface area contributed by atoms with Crippen molar-refractivity contribution < 1.29 is 18.3 Å². The second-order valence-electron chi connectivity index (χ2n) is 3.24. The van der Waals surface area contributed by atoms with Crippen molar-refractivity contribution in [3.8, 4) is 0 Å². The van der Waals surface area contributed by atoms with Gasteiger partial charge in [-0.05, 0) is 18.6 Å². The van der Waals surface area contributed by atoms with Crippen LogP contribution in [0.1, 0.15) is 30.1 Å². The topological polar surface area (TPSA) is 26.3 Å². The molecule has 0 aliphatic rings. The molecule has 0 radical (unpaired) electrons. The van der Waals surface area contributed by atoms with Gasteiger partial charge in [0.1, 0.15) is 11.6 Å². The summed E-state index contributed by atoms with van der Waals surface area (Å²) in [4.78, 5) is 11.3. The third-order valence-corrected chi connectivity index (χ3v) is 2.25. The van der Waals surface area contributed by atoms with Crippen LogP contribution < -0.4 is 0 Å². The van der Waals surface area contributed by atoms with Gasteiger partial charge in [-0.3, -0.25) is 0 Å². The summed E-state index contributed by atoms with van der Waals surface area (Å²) in [5.41, 5.74) is -0.432. The molecule has 0 N–H and O–H groups in total. The Bertz CT molecular complexity index is 394. The summed E-state index contributed by atoms with van der Waals surface area (Å²) in [7, 11) is 0. The van der Waals surface area contributed by atoms with Crippen molar-refractivity contribution in [2.45, 2.75) is 19.8 Å². The van der Waals surface area contributed by atoms with E-state index >= 15 is 0 Å². The van der Waals surface area contributed by atoms with E-state index in [0.29, 0.717) is 6.42 Å².